The highest BCUT2D eigenvalue weighted by atomic mass is 16.5. The molecule has 0 radical (unpaired) electrons. The maximum atomic E-state index is 13.1. The number of methoxy groups -OCH3 is 1. The van der Waals surface area contributed by atoms with Gasteiger partial charge in [0, 0.05) is 11.5 Å². The first-order chi connectivity index (χ1) is 13.6. The molecular weight excluding hydrogens is 372 g/mol. The number of carbonyl (C=O) groups is 2. The number of benzene rings is 1. The predicted octanol–water partition coefficient (Wildman–Crippen LogP) is 4.62. The topological polar surface area (TPSA) is 82.1 Å². The molecule has 0 saturated carbocycles. The van der Waals surface area contributed by atoms with Crippen LogP contribution in [-0.4, -0.2) is 35.7 Å². The van der Waals surface area contributed by atoms with Crippen molar-refractivity contribution >= 4 is 17.8 Å². The van der Waals surface area contributed by atoms with Crippen molar-refractivity contribution in [1.82, 2.24) is 0 Å². The Morgan fingerprint density at radius 3 is 2.62 bits per heavy atom. The van der Waals surface area contributed by atoms with Crippen molar-refractivity contribution in [3.05, 3.63) is 22.8 Å². The van der Waals surface area contributed by atoms with Gasteiger partial charge in [-0.25, -0.2) is 0 Å². The number of carbonyl (C=O) groups excluding carboxylic acids is 2. The number of fused-ring (bicyclic) bond motifs is 2. The number of phenols is 1. The van der Waals surface area contributed by atoms with Crippen LogP contribution in [0, 0.1) is 5.92 Å². The van der Waals surface area contributed by atoms with Gasteiger partial charge in [-0.05, 0) is 39.3 Å². The van der Waals surface area contributed by atoms with E-state index in [1.165, 1.54) is 7.11 Å². The maximum Gasteiger partial charge on any atom is 0.306 e. The lowest BCUT2D eigenvalue weighted by Crippen LogP contribution is -2.36. The minimum Gasteiger partial charge on any atom is -0.506 e. The lowest BCUT2D eigenvalue weighted by molar-refractivity contribution is -0.141. The molecule has 29 heavy (non-hydrogen) atoms. The minimum atomic E-state index is -0.595. The summed E-state index contributed by atoms with van der Waals surface area (Å²) in [7, 11) is 1.36. The summed E-state index contributed by atoms with van der Waals surface area (Å²) in [5, 5.41) is 11.0. The SMILES string of the molecule is CCC[C@H](CC(=O)OC)c1c2c(c(O)c3c1O[C@@H](C)[C@@H](C)C3=O)C=CC(C)(C)O2. The second-order valence-electron chi connectivity index (χ2n) is 8.49. The monoisotopic (exact) mass is 402 g/mol. The zero-order chi connectivity index (χ0) is 21.5. The van der Waals surface area contributed by atoms with E-state index in [0.717, 1.165) is 6.42 Å². The second kappa shape index (κ2) is 7.73. The molecule has 0 spiro atoms. The first-order valence-corrected chi connectivity index (χ1v) is 10.2. The smallest absolute Gasteiger partial charge is 0.306 e. The molecule has 1 aromatic rings. The van der Waals surface area contributed by atoms with Crippen LogP contribution in [0.2, 0.25) is 0 Å². The Hall–Kier alpha value is -2.50. The Bertz CT molecular complexity index is 867. The van der Waals surface area contributed by atoms with Gasteiger partial charge in [0.2, 0.25) is 0 Å². The van der Waals surface area contributed by atoms with Gasteiger partial charge in [-0.3, -0.25) is 9.59 Å². The lowest BCUT2D eigenvalue weighted by Gasteiger charge is -2.37. The first-order valence-electron chi connectivity index (χ1n) is 10.2. The molecule has 0 unspecified atom stereocenters. The molecule has 6 nitrogen and oxygen atoms in total. The van der Waals surface area contributed by atoms with Gasteiger partial charge in [0.05, 0.1) is 25.0 Å². The summed E-state index contributed by atoms with van der Waals surface area (Å²) in [6, 6.07) is 0. The summed E-state index contributed by atoms with van der Waals surface area (Å²) in [5.41, 5.74) is 0.720. The maximum absolute atomic E-state index is 13.1. The molecule has 0 bridgehead atoms. The molecule has 2 aliphatic heterocycles. The number of hydrogen-bond acceptors (Lipinski definition) is 6. The molecule has 6 heteroatoms. The summed E-state index contributed by atoms with van der Waals surface area (Å²) in [6.07, 6.45) is 4.94. The highest BCUT2D eigenvalue weighted by Gasteiger charge is 2.42. The van der Waals surface area contributed by atoms with E-state index in [2.05, 4.69) is 0 Å². The zero-order valence-corrected chi connectivity index (χ0v) is 18.0. The van der Waals surface area contributed by atoms with Gasteiger partial charge in [-0.1, -0.05) is 20.3 Å². The number of hydrogen-bond donors (Lipinski definition) is 1. The average molecular weight is 402 g/mol. The van der Waals surface area contributed by atoms with Crippen molar-refractivity contribution < 1.29 is 28.9 Å². The molecule has 0 saturated heterocycles. The molecule has 0 amide bonds. The van der Waals surface area contributed by atoms with E-state index in [4.69, 9.17) is 14.2 Å². The molecule has 0 aliphatic carbocycles. The predicted molar refractivity (Wildman–Crippen MR) is 110 cm³/mol. The molecule has 0 fully saturated rings. The highest BCUT2D eigenvalue weighted by Crippen LogP contribution is 2.53. The second-order valence-corrected chi connectivity index (χ2v) is 8.49. The molecule has 2 aliphatic rings. The van der Waals surface area contributed by atoms with Gasteiger partial charge in [-0.15, -0.1) is 0 Å². The van der Waals surface area contributed by atoms with Crippen molar-refractivity contribution in [3.8, 4) is 17.2 Å². The number of rotatable bonds is 5. The zero-order valence-electron chi connectivity index (χ0n) is 18.0. The summed E-state index contributed by atoms with van der Waals surface area (Å²) in [5.74, 6) is -0.445. The van der Waals surface area contributed by atoms with Crippen LogP contribution >= 0.6 is 0 Å². The third kappa shape index (κ3) is 3.72. The van der Waals surface area contributed by atoms with Crippen LogP contribution in [-0.2, 0) is 9.53 Å². The Labute approximate surface area is 171 Å². The Balaban J connectivity index is 2.32. The van der Waals surface area contributed by atoms with Gasteiger partial charge in [0.25, 0.3) is 0 Å². The van der Waals surface area contributed by atoms with Gasteiger partial charge >= 0.3 is 5.97 Å². The van der Waals surface area contributed by atoms with Crippen LogP contribution in [0.1, 0.15) is 81.3 Å². The summed E-state index contributed by atoms with van der Waals surface area (Å²) in [4.78, 5) is 25.2. The summed E-state index contributed by atoms with van der Waals surface area (Å²) < 4.78 is 17.3. The van der Waals surface area contributed by atoms with Crippen molar-refractivity contribution in [1.29, 1.82) is 0 Å². The molecule has 1 N–H and O–H groups in total. The normalized spacial score (nSPS) is 22.8. The number of ketones is 1. The molecule has 3 atom stereocenters. The highest BCUT2D eigenvalue weighted by molar-refractivity contribution is 6.06. The van der Waals surface area contributed by atoms with Gasteiger partial charge in [0.15, 0.2) is 5.78 Å². The third-order valence-corrected chi connectivity index (χ3v) is 5.82. The van der Waals surface area contributed by atoms with Gasteiger partial charge in [0.1, 0.15) is 34.5 Å². The minimum absolute atomic E-state index is 0.123. The number of Topliss-reactive ketones (excluding diaryl/α,β-unsaturated/α-hetero) is 1. The van der Waals surface area contributed by atoms with Crippen LogP contribution in [0.15, 0.2) is 6.08 Å². The molecular formula is C23H30O6. The summed E-state index contributed by atoms with van der Waals surface area (Å²) >= 11 is 0. The van der Waals surface area contributed by atoms with Crippen molar-refractivity contribution in [2.45, 2.75) is 71.5 Å². The average Bonchev–Trinajstić information content (AvgIpc) is 2.65. The number of aromatic hydroxyl groups is 1. The standard InChI is InChI=1S/C23H30O6/c1-7-8-14(11-16(24)27-6)17-21-15(9-10-23(4,5)29-21)20(26)18-19(25)12(2)13(3)28-22(17)18/h9-10,12-14,26H,7-8,11H2,1-6H3/t12-,13+,14-/m1/s1. The van der Waals surface area contributed by atoms with E-state index in [1.807, 2.05) is 33.8 Å². The largest absolute Gasteiger partial charge is 0.506 e. The van der Waals surface area contributed by atoms with Crippen LogP contribution < -0.4 is 9.47 Å². The summed E-state index contributed by atoms with van der Waals surface area (Å²) in [6.45, 7) is 9.50. The van der Waals surface area contributed by atoms with E-state index in [0.29, 0.717) is 29.0 Å². The quantitative estimate of drug-likeness (QED) is 0.724. The number of esters is 1. The first kappa shape index (κ1) is 21.2. The number of phenolic OH excluding ortho intramolecular Hbond substituents is 1. The molecule has 2 heterocycles. The Kier molecular flexibility index (Phi) is 5.65. The van der Waals surface area contributed by atoms with Crippen LogP contribution in [0.25, 0.3) is 6.08 Å². The van der Waals surface area contributed by atoms with Crippen LogP contribution in [0.4, 0.5) is 0 Å². The third-order valence-electron chi connectivity index (χ3n) is 5.82. The Morgan fingerprint density at radius 1 is 1.31 bits per heavy atom. The molecule has 0 aromatic heterocycles. The van der Waals surface area contributed by atoms with E-state index in [9.17, 15) is 14.7 Å². The van der Waals surface area contributed by atoms with Gasteiger partial charge in [-0.2, -0.15) is 0 Å². The van der Waals surface area contributed by atoms with E-state index in [1.54, 1.807) is 13.0 Å². The van der Waals surface area contributed by atoms with Gasteiger partial charge < -0.3 is 19.3 Å². The number of ether oxygens (including phenoxy) is 3. The van der Waals surface area contributed by atoms with E-state index < -0.39 is 5.60 Å². The van der Waals surface area contributed by atoms with E-state index >= 15 is 0 Å². The molecule has 158 valence electrons. The molecule has 3 rings (SSSR count). The lowest BCUT2D eigenvalue weighted by atomic mass is 9.81. The Morgan fingerprint density at radius 2 is 2.00 bits per heavy atom. The van der Waals surface area contributed by atoms with Crippen molar-refractivity contribution in [2.24, 2.45) is 5.92 Å². The van der Waals surface area contributed by atoms with Crippen LogP contribution in [0.3, 0.4) is 0 Å². The van der Waals surface area contributed by atoms with E-state index in [-0.39, 0.29) is 47.4 Å². The fourth-order valence-electron chi connectivity index (χ4n) is 4.01. The fraction of sp³-hybridized carbons (Fsp3) is 0.565. The fourth-order valence-corrected chi connectivity index (χ4v) is 4.01. The molecule has 1 aromatic carbocycles. The van der Waals surface area contributed by atoms with Crippen LogP contribution in [0.5, 0.6) is 17.2 Å². The van der Waals surface area contributed by atoms with Crippen molar-refractivity contribution in [2.75, 3.05) is 7.11 Å². The van der Waals surface area contributed by atoms with Crippen molar-refractivity contribution in [3.63, 3.8) is 0 Å².